The van der Waals surface area contributed by atoms with E-state index in [1.54, 1.807) is 0 Å². The maximum absolute atomic E-state index is 13.0. The van der Waals surface area contributed by atoms with Crippen LogP contribution in [-0.4, -0.2) is 91.6 Å². The van der Waals surface area contributed by atoms with Gasteiger partial charge in [0, 0.05) is 31.2 Å². The van der Waals surface area contributed by atoms with Gasteiger partial charge in [-0.25, -0.2) is 9.78 Å². The average molecular weight is 499 g/mol. The van der Waals surface area contributed by atoms with Crippen LogP contribution in [0.5, 0.6) is 0 Å². The summed E-state index contributed by atoms with van der Waals surface area (Å²) in [6, 6.07) is -5.65. The molecule has 0 fully saturated rings. The lowest BCUT2D eigenvalue weighted by molar-refractivity contribution is -0.143. The quantitative estimate of drug-likeness (QED) is 0.105. The Morgan fingerprint density at radius 2 is 1.51 bits per heavy atom. The van der Waals surface area contributed by atoms with Crippen LogP contribution in [0.1, 0.15) is 31.4 Å². The minimum atomic E-state index is -1.66. The van der Waals surface area contributed by atoms with Crippen molar-refractivity contribution in [1.29, 1.82) is 0 Å². The van der Waals surface area contributed by atoms with Crippen LogP contribution in [-0.2, 0) is 35.2 Å². The van der Waals surface area contributed by atoms with Crippen LogP contribution < -0.4 is 27.4 Å². The maximum atomic E-state index is 13.0. The molecule has 4 atom stereocenters. The molecule has 0 aliphatic rings. The van der Waals surface area contributed by atoms with E-state index in [9.17, 15) is 28.8 Å². The van der Waals surface area contributed by atoms with E-state index in [0.717, 1.165) is 0 Å². The van der Waals surface area contributed by atoms with Gasteiger partial charge in [-0.05, 0) is 12.8 Å². The molecule has 16 nitrogen and oxygen atoms in total. The van der Waals surface area contributed by atoms with E-state index in [4.69, 9.17) is 26.8 Å². The molecule has 16 heteroatoms. The summed E-state index contributed by atoms with van der Waals surface area (Å²) in [5.74, 6) is -6.20. The fourth-order valence-corrected chi connectivity index (χ4v) is 2.80. The number of hydrogen-bond acceptors (Lipinski definition) is 9. The fourth-order valence-electron chi connectivity index (χ4n) is 2.80. The SMILES string of the molecule is NC(=O)CCC(NC(=O)C(Cc1cnc[nH]1)NC(=O)C(N)CCC(=O)O)C(=O)NC(CO)C(=O)O. The number of aliphatic carboxylic acids is 2. The second-order valence-corrected chi connectivity index (χ2v) is 7.53. The number of nitrogens with two attached hydrogens (primary N) is 2. The van der Waals surface area contributed by atoms with Crippen LogP contribution in [0.2, 0.25) is 0 Å². The molecule has 0 aromatic carbocycles. The van der Waals surface area contributed by atoms with E-state index >= 15 is 0 Å². The predicted molar refractivity (Wildman–Crippen MR) is 116 cm³/mol. The number of carbonyl (C=O) groups excluding carboxylic acids is 4. The van der Waals surface area contributed by atoms with Gasteiger partial charge in [0.1, 0.15) is 18.1 Å². The number of aliphatic hydroxyl groups excluding tert-OH is 1. The molecule has 0 spiro atoms. The number of aromatic nitrogens is 2. The zero-order chi connectivity index (χ0) is 26.5. The predicted octanol–water partition coefficient (Wildman–Crippen LogP) is -4.06. The molecule has 0 aliphatic heterocycles. The topological polar surface area (TPSA) is 280 Å². The summed E-state index contributed by atoms with van der Waals surface area (Å²) in [5.41, 5.74) is 11.2. The highest BCUT2D eigenvalue weighted by Gasteiger charge is 2.30. The van der Waals surface area contributed by atoms with Crippen LogP contribution in [0.25, 0.3) is 0 Å². The Balaban J connectivity index is 3.03. The van der Waals surface area contributed by atoms with Crippen molar-refractivity contribution < 1.29 is 44.1 Å². The van der Waals surface area contributed by atoms with Crippen LogP contribution in [0.15, 0.2) is 12.5 Å². The molecule has 11 N–H and O–H groups in total. The van der Waals surface area contributed by atoms with Crippen molar-refractivity contribution >= 4 is 35.6 Å². The van der Waals surface area contributed by atoms with E-state index < -0.39 is 66.3 Å². The molecule has 0 radical (unpaired) electrons. The second-order valence-electron chi connectivity index (χ2n) is 7.53. The molecule has 4 unspecified atom stereocenters. The average Bonchev–Trinajstić information content (AvgIpc) is 3.30. The number of primary amides is 1. The number of carboxylic acids is 2. The van der Waals surface area contributed by atoms with Gasteiger partial charge < -0.3 is 47.7 Å². The first-order valence-corrected chi connectivity index (χ1v) is 10.4. The molecule has 194 valence electrons. The molecule has 0 saturated heterocycles. The number of nitrogens with one attached hydrogen (secondary N) is 4. The largest absolute Gasteiger partial charge is 0.481 e. The summed E-state index contributed by atoms with van der Waals surface area (Å²) < 4.78 is 0. The van der Waals surface area contributed by atoms with Crippen molar-refractivity contribution in [2.24, 2.45) is 11.5 Å². The van der Waals surface area contributed by atoms with Crippen LogP contribution in [0, 0.1) is 0 Å². The molecule has 1 aromatic heterocycles. The van der Waals surface area contributed by atoms with Crippen molar-refractivity contribution in [3.05, 3.63) is 18.2 Å². The fraction of sp³-hybridized carbons (Fsp3) is 0.526. The lowest BCUT2D eigenvalue weighted by atomic mass is 10.1. The number of aromatic amines is 1. The Morgan fingerprint density at radius 3 is 2.03 bits per heavy atom. The van der Waals surface area contributed by atoms with Crippen molar-refractivity contribution in [2.75, 3.05) is 6.61 Å². The number of aliphatic hydroxyl groups is 1. The number of carbonyl (C=O) groups is 6. The number of hydrogen-bond donors (Lipinski definition) is 9. The van der Waals surface area contributed by atoms with Crippen molar-refractivity contribution in [3.63, 3.8) is 0 Å². The first kappa shape index (κ1) is 29.0. The monoisotopic (exact) mass is 499 g/mol. The van der Waals surface area contributed by atoms with E-state index in [-0.39, 0.29) is 32.1 Å². The highest BCUT2D eigenvalue weighted by molar-refractivity contribution is 5.94. The van der Waals surface area contributed by atoms with Crippen molar-refractivity contribution in [3.8, 4) is 0 Å². The highest BCUT2D eigenvalue weighted by Crippen LogP contribution is 2.05. The maximum Gasteiger partial charge on any atom is 0.328 e. The van der Waals surface area contributed by atoms with Gasteiger partial charge in [0.25, 0.3) is 0 Å². The third-order valence-corrected chi connectivity index (χ3v) is 4.73. The summed E-state index contributed by atoms with van der Waals surface area (Å²) in [4.78, 5) is 77.5. The Kier molecular flexibility index (Phi) is 11.8. The normalized spacial score (nSPS) is 14.1. The van der Waals surface area contributed by atoms with E-state index in [1.807, 2.05) is 5.32 Å². The van der Waals surface area contributed by atoms with Gasteiger partial charge in [-0.15, -0.1) is 0 Å². The van der Waals surface area contributed by atoms with Gasteiger partial charge in [0.2, 0.25) is 23.6 Å². The van der Waals surface area contributed by atoms with Crippen molar-refractivity contribution in [2.45, 2.75) is 56.3 Å². The lowest BCUT2D eigenvalue weighted by Gasteiger charge is -2.24. The Bertz CT molecular complexity index is 906. The number of carboxylic acid groups (broad SMARTS) is 2. The summed E-state index contributed by atoms with van der Waals surface area (Å²) >= 11 is 0. The molecule has 35 heavy (non-hydrogen) atoms. The summed E-state index contributed by atoms with van der Waals surface area (Å²) in [6.45, 7) is -0.926. The van der Waals surface area contributed by atoms with E-state index in [2.05, 4.69) is 20.6 Å². The minimum Gasteiger partial charge on any atom is -0.481 e. The first-order valence-electron chi connectivity index (χ1n) is 10.4. The number of H-pyrrole nitrogens is 1. The highest BCUT2D eigenvalue weighted by atomic mass is 16.4. The van der Waals surface area contributed by atoms with Gasteiger partial charge in [-0.3, -0.25) is 24.0 Å². The minimum absolute atomic E-state index is 0.123. The molecule has 0 saturated carbocycles. The number of nitrogens with zero attached hydrogens (tertiary/aromatic N) is 1. The third kappa shape index (κ3) is 10.6. The zero-order valence-electron chi connectivity index (χ0n) is 18.6. The van der Waals surface area contributed by atoms with Gasteiger partial charge in [-0.1, -0.05) is 0 Å². The summed E-state index contributed by atoms with van der Waals surface area (Å²) in [5, 5.41) is 33.6. The summed E-state index contributed by atoms with van der Waals surface area (Å²) in [7, 11) is 0. The molecule has 4 amide bonds. The molecule has 1 heterocycles. The van der Waals surface area contributed by atoms with Gasteiger partial charge in [0.05, 0.1) is 19.0 Å². The van der Waals surface area contributed by atoms with Crippen molar-refractivity contribution in [1.82, 2.24) is 25.9 Å². The second kappa shape index (κ2) is 14.3. The molecular weight excluding hydrogens is 470 g/mol. The molecule has 0 aliphatic carbocycles. The van der Waals surface area contributed by atoms with Gasteiger partial charge in [0.15, 0.2) is 0 Å². The standard InChI is InChI=1S/C19H29N7O9/c20-10(1-4-15(29)30)16(31)25-12(5-9-6-22-8-23-9)18(33)24-11(2-3-14(21)28)17(32)26-13(7-27)19(34)35/h6,8,10-13,27H,1-5,7,20H2,(H2,21,28)(H,22,23)(H,24,33)(H,25,31)(H,26,32)(H,29,30)(H,34,35). The first-order chi connectivity index (χ1) is 16.4. The molecule has 1 rings (SSSR count). The Labute approximate surface area is 198 Å². The van der Waals surface area contributed by atoms with Crippen LogP contribution in [0.4, 0.5) is 0 Å². The molecule has 0 bridgehead atoms. The lowest BCUT2D eigenvalue weighted by Crippen LogP contribution is -2.58. The Hall–Kier alpha value is -4.05. The number of imidazole rings is 1. The summed E-state index contributed by atoms with van der Waals surface area (Å²) in [6.07, 6.45) is 1.38. The Morgan fingerprint density at radius 1 is 0.914 bits per heavy atom. The zero-order valence-corrected chi connectivity index (χ0v) is 18.6. The molecule has 1 aromatic rings. The number of rotatable bonds is 16. The van der Waals surface area contributed by atoms with Gasteiger partial charge >= 0.3 is 11.9 Å². The van der Waals surface area contributed by atoms with E-state index in [0.29, 0.717) is 5.69 Å². The molecular formula is C19H29N7O9. The van der Waals surface area contributed by atoms with Gasteiger partial charge in [-0.2, -0.15) is 0 Å². The van der Waals surface area contributed by atoms with Crippen LogP contribution in [0.3, 0.4) is 0 Å². The smallest absolute Gasteiger partial charge is 0.328 e. The number of amides is 4. The van der Waals surface area contributed by atoms with E-state index in [1.165, 1.54) is 12.5 Å². The third-order valence-electron chi connectivity index (χ3n) is 4.73. The van der Waals surface area contributed by atoms with Crippen LogP contribution >= 0.6 is 0 Å².